The second kappa shape index (κ2) is 6.46. The van der Waals surface area contributed by atoms with Gasteiger partial charge in [-0.1, -0.05) is 39.8 Å². The number of nitrogens with one attached hydrogen (secondary N) is 1. The van der Waals surface area contributed by atoms with Crippen molar-refractivity contribution in [1.29, 1.82) is 0 Å². The zero-order valence-electron chi connectivity index (χ0n) is 11.7. The Hall–Kier alpha value is -0.470. The molecule has 1 rings (SSSR count). The van der Waals surface area contributed by atoms with Crippen LogP contribution in [-0.4, -0.2) is 19.3 Å². The molecule has 0 bridgehead atoms. The van der Waals surface area contributed by atoms with Crippen LogP contribution in [0.2, 0.25) is 0 Å². The third-order valence-electron chi connectivity index (χ3n) is 2.81. The van der Waals surface area contributed by atoms with Crippen molar-refractivity contribution in [3.8, 4) is 0 Å². The minimum atomic E-state index is 0.253. The normalized spacial score (nSPS) is 13.7. The SMILES string of the molecule is CNCC(C)CSc1ccc(C(C)(C)C)cc1. The molecule has 0 saturated carbocycles. The highest BCUT2D eigenvalue weighted by molar-refractivity contribution is 7.99. The molecule has 0 saturated heterocycles. The molecule has 0 amide bonds. The van der Waals surface area contributed by atoms with Gasteiger partial charge >= 0.3 is 0 Å². The Labute approximate surface area is 110 Å². The quantitative estimate of drug-likeness (QED) is 0.796. The molecule has 17 heavy (non-hydrogen) atoms. The summed E-state index contributed by atoms with van der Waals surface area (Å²) >= 11 is 1.95. The van der Waals surface area contributed by atoms with Crippen LogP contribution in [0.5, 0.6) is 0 Å². The average molecular weight is 251 g/mol. The Morgan fingerprint density at radius 3 is 2.24 bits per heavy atom. The maximum absolute atomic E-state index is 3.22. The molecule has 0 fully saturated rings. The molecule has 2 heteroatoms. The summed E-state index contributed by atoms with van der Waals surface area (Å²) in [4.78, 5) is 1.38. The summed E-state index contributed by atoms with van der Waals surface area (Å²) in [5, 5.41) is 3.22. The molecule has 0 aromatic heterocycles. The van der Waals surface area contributed by atoms with Crippen LogP contribution in [0.15, 0.2) is 29.2 Å². The molecule has 1 aromatic carbocycles. The Balaban J connectivity index is 2.51. The number of thioether (sulfide) groups is 1. The first kappa shape index (κ1) is 14.6. The summed E-state index contributed by atoms with van der Waals surface area (Å²) in [5.41, 5.74) is 1.66. The zero-order chi connectivity index (χ0) is 12.9. The molecule has 0 aliphatic rings. The van der Waals surface area contributed by atoms with Crippen LogP contribution in [0, 0.1) is 5.92 Å². The van der Waals surface area contributed by atoms with E-state index in [0.717, 1.165) is 6.54 Å². The van der Waals surface area contributed by atoms with E-state index in [1.165, 1.54) is 16.2 Å². The summed E-state index contributed by atoms with van der Waals surface area (Å²) < 4.78 is 0. The molecule has 0 heterocycles. The van der Waals surface area contributed by atoms with E-state index >= 15 is 0 Å². The minimum Gasteiger partial charge on any atom is -0.319 e. The number of rotatable bonds is 5. The smallest absolute Gasteiger partial charge is 0.00722 e. The molecular weight excluding hydrogens is 226 g/mol. The van der Waals surface area contributed by atoms with Crippen molar-refractivity contribution < 1.29 is 0 Å². The fourth-order valence-corrected chi connectivity index (χ4v) is 2.62. The summed E-state index contributed by atoms with van der Waals surface area (Å²) in [7, 11) is 2.01. The standard InChI is InChI=1S/C15H25NS/c1-12(10-16-5)11-17-14-8-6-13(7-9-14)15(2,3)4/h6-9,12,16H,10-11H2,1-5H3. The summed E-state index contributed by atoms with van der Waals surface area (Å²) in [5.74, 6) is 1.89. The Morgan fingerprint density at radius 2 is 1.76 bits per heavy atom. The highest BCUT2D eigenvalue weighted by Crippen LogP contribution is 2.26. The van der Waals surface area contributed by atoms with Gasteiger partial charge in [0.1, 0.15) is 0 Å². The maximum atomic E-state index is 3.22. The van der Waals surface area contributed by atoms with Crippen LogP contribution >= 0.6 is 11.8 Å². The van der Waals surface area contributed by atoms with Crippen molar-refractivity contribution >= 4 is 11.8 Å². The Morgan fingerprint density at radius 1 is 1.18 bits per heavy atom. The first-order valence-electron chi connectivity index (χ1n) is 6.31. The second-order valence-electron chi connectivity index (χ2n) is 5.75. The molecule has 96 valence electrons. The zero-order valence-corrected chi connectivity index (χ0v) is 12.5. The molecule has 0 radical (unpaired) electrons. The lowest BCUT2D eigenvalue weighted by molar-refractivity contribution is 0.589. The van der Waals surface area contributed by atoms with Crippen LogP contribution < -0.4 is 5.32 Å². The van der Waals surface area contributed by atoms with E-state index in [4.69, 9.17) is 0 Å². The fraction of sp³-hybridized carbons (Fsp3) is 0.600. The number of hydrogen-bond donors (Lipinski definition) is 1. The van der Waals surface area contributed by atoms with Gasteiger partial charge in [-0.25, -0.2) is 0 Å². The van der Waals surface area contributed by atoms with Crippen molar-refractivity contribution in [1.82, 2.24) is 5.32 Å². The molecule has 1 aromatic rings. The molecule has 0 aliphatic heterocycles. The van der Waals surface area contributed by atoms with E-state index in [2.05, 4.69) is 57.3 Å². The summed E-state index contributed by atoms with van der Waals surface area (Å²) in [6.45, 7) is 10.1. The largest absolute Gasteiger partial charge is 0.319 e. The lowest BCUT2D eigenvalue weighted by Crippen LogP contribution is -2.17. The van der Waals surface area contributed by atoms with Crippen molar-refractivity contribution in [2.45, 2.75) is 38.0 Å². The van der Waals surface area contributed by atoms with Gasteiger partial charge in [0, 0.05) is 10.6 Å². The first-order valence-corrected chi connectivity index (χ1v) is 7.30. The summed E-state index contributed by atoms with van der Waals surface area (Å²) in [6.07, 6.45) is 0. The van der Waals surface area contributed by atoms with Gasteiger partial charge in [-0.2, -0.15) is 0 Å². The third-order valence-corrected chi connectivity index (χ3v) is 4.15. The van der Waals surface area contributed by atoms with Gasteiger partial charge in [0.15, 0.2) is 0 Å². The highest BCUT2D eigenvalue weighted by Gasteiger charge is 2.12. The van der Waals surface area contributed by atoms with Crippen LogP contribution in [0.4, 0.5) is 0 Å². The molecule has 0 aliphatic carbocycles. The molecule has 1 nitrogen and oxygen atoms in total. The summed E-state index contributed by atoms with van der Waals surface area (Å²) in [6, 6.07) is 9.00. The van der Waals surface area contributed by atoms with Gasteiger partial charge in [-0.15, -0.1) is 11.8 Å². The molecule has 1 N–H and O–H groups in total. The Bertz CT molecular complexity index is 324. The van der Waals surface area contributed by atoms with Gasteiger partial charge in [-0.05, 0) is 42.6 Å². The third kappa shape index (κ3) is 5.13. The lowest BCUT2D eigenvalue weighted by Gasteiger charge is -2.19. The van der Waals surface area contributed by atoms with Crippen molar-refractivity contribution in [3.63, 3.8) is 0 Å². The topological polar surface area (TPSA) is 12.0 Å². The predicted molar refractivity (Wildman–Crippen MR) is 79.0 cm³/mol. The van der Waals surface area contributed by atoms with E-state index in [1.54, 1.807) is 0 Å². The molecule has 1 atom stereocenters. The van der Waals surface area contributed by atoms with E-state index in [9.17, 15) is 0 Å². The average Bonchev–Trinajstić information content (AvgIpc) is 2.26. The van der Waals surface area contributed by atoms with E-state index < -0.39 is 0 Å². The predicted octanol–water partition coefficient (Wildman–Crippen LogP) is 3.93. The van der Waals surface area contributed by atoms with Gasteiger partial charge < -0.3 is 5.32 Å². The maximum Gasteiger partial charge on any atom is 0.00722 e. The fourth-order valence-electron chi connectivity index (χ4n) is 1.70. The van der Waals surface area contributed by atoms with Gasteiger partial charge in [-0.3, -0.25) is 0 Å². The van der Waals surface area contributed by atoms with Crippen LogP contribution in [0.3, 0.4) is 0 Å². The van der Waals surface area contributed by atoms with Crippen LogP contribution in [0.1, 0.15) is 33.3 Å². The lowest BCUT2D eigenvalue weighted by atomic mass is 9.87. The van der Waals surface area contributed by atoms with E-state index in [-0.39, 0.29) is 5.41 Å². The molecule has 0 spiro atoms. The number of hydrogen-bond acceptors (Lipinski definition) is 2. The van der Waals surface area contributed by atoms with E-state index in [0.29, 0.717) is 5.92 Å². The monoisotopic (exact) mass is 251 g/mol. The highest BCUT2D eigenvalue weighted by atomic mass is 32.2. The number of benzene rings is 1. The first-order chi connectivity index (χ1) is 7.93. The van der Waals surface area contributed by atoms with Gasteiger partial charge in [0.25, 0.3) is 0 Å². The van der Waals surface area contributed by atoms with Gasteiger partial charge in [0.2, 0.25) is 0 Å². The minimum absolute atomic E-state index is 0.253. The van der Waals surface area contributed by atoms with Crippen molar-refractivity contribution in [2.75, 3.05) is 19.3 Å². The van der Waals surface area contributed by atoms with Crippen molar-refractivity contribution in [2.24, 2.45) is 5.92 Å². The van der Waals surface area contributed by atoms with Gasteiger partial charge in [0.05, 0.1) is 0 Å². The molecular formula is C15H25NS. The van der Waals surface area contributed by atoms with Crippen LogP contribution in [-0.2, 0) is 5.41 Å². The second-order valence-corrected chi connectivity index (χ2v) is 6.84. The van der Waals surface area contributed by atoms with Crippen LogP contribution in [0.25, 0.3) is 0 Å². The van der Waals surface area contributed by atoms with Crippen molar-refractivity contribution in [3.05, 3.63) is 29.8 Å². The Kier molecular flexibility index (Phi) is 5.54. The van der Waals surface area contributed by atoms with E-state index in [1.807, 2.05) is 18.8 Å². The molecule has 1 unspecified atom stereocenters.